The molecule has 0 aromatic carbocycles. The third kappa shape index (κ3) is 35.4. The average Bonchev–Trinajstić information content (AvgIpc) is 3.09. The van der Waals surface area contributed by atoms with Gasteiger partial charge in [-0.15, -0.1) is 0 Å². The lowest BCUT2D eigenvalue weighted by Gasteiger charge is -2.15. The summed E-state index contributed by atoms with van der Waals surface area (Å²) in [6.45, 7) is 3.80. The van der Waals surface area contributed by atoms with E-state index in [0.29, 0.717) is 12.8 Å². The number of esters is 2. The van der Waals surface area contributed by atoms with Crippen LogP contribution in [0.4, 0.5) is 0 Å². The molecular weight excluding hydrogens is 596 g/mol. The van der Waals surface area contributed by atoms with Gasteiger partial charge in [0.2, 0.25) is 0 Å². The van der Waals surface area contributed by atoms with E-state index < -0.39 is 6.10 Å². The molecular formula is C43H66O5. The maximum atomic E-state index is 12.1. The largest absolute Gasteiger partial charge is 0.462 e. The summed E-state index contributed by atoms with van der Waals surface area (Å²) in [6.07, 6.45) is 54.4. The highest BCUT2D eigenvalue weighted by molar-refractivity contribution is 5.70. The average molecular weight is 663 g/mol. The minimum atomic E-state index is -0.818. The van der Waals surface area contributed by atoms with E-state index in [2.05, 4.69) is 111 Å². The lowest BCUT2D eigenvalue weighted by molar-refractivity contribution is -0.161. The fourth-order valence-electron chi connectivity index (χ4n) is 4.36. The van der Waals surface area contributed by atoms with Crippen LogP contribution in [0.2, 0.25) is 0 Å². The van der Waals surface area contributed by atoms with Crippen LogP contribution in [0.15, 0.2) is 109 Å². The summed E-state index contributed by atoms with van der Waals surface area (Å²) in [5.74, 6) is -0.723. The second kappa shape index (κ2) is 38.0. The third-order valence-corrected chi connectivity index (χ3v) is 7.08. The molecule has 48 heavy (non-hydrogen) atoms. The molecule has 0 aromatic heterocycles. The Hall–Kier alpha value is -3.44. The molecule has 5 nitrogen and oxygen atoms in total. The maximum Gasteiger partial charge on any atom is 0.306 e. The molecule has 0 spiro atoms. The van der Waals surface area contributed by atoms with Crippen LogP contribution in [0, 0.1) is 0 Å². The standard InChI is InChI=1S/C43H66O5/c1-3-5-7-9-11-13-15-17-19-20-21-22-24-25-27-29-31-33-35-37-42(45)47-40-41(39-44)48-43(46)38-36-34-32-30-28-26-23-18-16-14-12-10-8-6-4-2/h5-8,11-14,17-19,21-23,25,27,31,33,41,44H,3-4,9-10,15-16,20,24,26,28-30,32,34-40H2,1-2H3. The van der Waals surface area contributed by atoms with Crippen molar-refractivity contribution < 1.29 is 24.2 Å². The van der Waals surface area contributed by atoms with Crippen LogP contribution in [0.1, 0.15) is 129 Å². The second-order valence-corrected chi connectivity index (χ2v) is 11.5. The molecule has 0 bridgehead atoms. The van der Waals surface area contributed by atoms with Gasteiger partial charge in [0.05, 0.1) is 6.61 Å². The predicted molar refractivity (Wildman–Crippen MR) is 205 cm³/mol. The number of carbonyl (C=O) groups excluding carboxylic acids is 2. The maximum absolute atomic E-state index is 12.1. The Morgan fingerprint density at radius 1 is 0.479 bits per heavy atom. The quantitative estimate of drug-likeness (QED) is 0.0454. The van der Waals surface area contributed by atoms with Gasteiger partial charge in [-0.3, -0.25) is 9.59 Å². The summed E-state index contributed by atoms with van der Waals surface area (Å²) in [4.78, 5) is 24.2. The van der Waals surface area contributed by atoms with Gasteiger partial charge in [0, 0.05) is 12.8 Å². The number of ether oxygens (including phenoxy) is 2. The molecule has 0 fully saturated rings. The van der Waals surface area contributed by atoms with Crippen molar-refractivity contribution in [3.63, 3.8) is 0 Å². The molecule has 0 aliphatic heterocycles. The van der Waals surface area contributed by atoms with Gasteiger partial charge in [0.15, 0.2) is 6.10 Å². The van der Waals surface area contributed by atoms with Gasteiger partial charge in [-0.2, -0.15) is 0 Å². The summed E-state index contributed by atoms with van der Waals surface area (Å²) in [6, 6.07) is 0. The number of unbranched alkanes of at least 4 members (excludes halogenated alkanes) is 5. The van der Waals surface area contributed by atoms with Gasteiger partial charge in [0.1, 0.15) is 6.61 Å². The number of rotatable bonds is 31. The normalized spacial score (nSPS) is 13.5. The molecule has 5 heteroatoms. The number of hydrogen-bond acceptors (Lipinski definition) is 5. The van der Waals surface area contributed by atoms with Crippen LogP contribution in [0.3, 0.4) is 0 Å². The Balaban J connectivity index is 3.78. The number of allylic oxidation sites excluding steroid dienone is 18. The first-order chi connectivity index (χ1) is 23.6. The summed E-state index contributed by atoms with van der Waals surface area (Å²) in [7, 11) is 0. The van der Waals surface area contributed by atoms with Gasteiger partial charge in [-0.1, -0.05) is 142 Å². The van der Waals surface area contributed by atoms with Crippen molar-refractivity contribution in [2.75, 3.05) is 13.2 Å². The first-order valence-electron chi connectivity index (χ1n) is 18.4. The van der Waals surface area contributed by atoms with Gasteiger partial charge in [-0.25, -0.2) is 0 Å². The minimum Gasteiger partial charge on any atom is -0.462 e. The Kier molecular flexibility index (Phi) is 35.3. The predicted octanol–water partition coefficient (Wildman–Crippen LogP) is 11.5. The van der Waals surface area contributed by atoms with Gasteiger partial charge < -0.3 is 14.6 Å². The lowest BCUT2D eigenvalue weighted by atomic mass is 10.1. The van der Waals surface area contributed by atoms with Crippen molar-refractivity contribution in [1.29, 1.82) is 0 Å². The fraction of sp³-hybridized carbons (Fsp3) is 0.535. The Bertz CT molecular complexity index is 1020. The van der Waals surface area contributed by atoms with E-state index in [1.807, 2.05) is 12.2 Å². The molecule has 1 unspecified atom stereocenters. The van der Waals surface area contributed by atoms with E-state index in [1.54, 1.807) is 0 Å². The van der Waals surface area contributed by atoms with Crippen LogP contribution in [-0.2, 0) is 19.1 Å². The molecule has 268 valence electrons. The van der Waals surface area contributed by atoms with Crippen molar-refractivity contribution in [3.8, 4) is 0 Å². The molecule has 0 rings (SSSR count). The van der Waals surface area contributed by atoms with Crippen LogP contribution >= 0.6 is 0 Å². The third-order valence-electron chi connectivity index (χ3n) is 7.08. The van der Waals surface area contributed by atoms with Crippen molar-refractivity contribution >= 4 is 11.9 Å². The van der Waals surface area contributed by atoms with Gasteiger partial charge in [0.25, 0.3) is 0 Å². The monoisotopic (exact) mass is 662 g/mol. The van der Waals surface area contributed by atoms with Crippen molar-refractivity contribution in [3.05, 3.63) is 109 Å². The summed E-state index contributed by atoms with van der Waals surface area (Å²) >= 11 is 0. The van der Waals surface area contributed by atoms with E-state index in [0.717, 1.165) is 96.3 Å². The molecule has 0 amide bonds. The smallest absolute Gasteiger partial charge is 0.306 e. The lowest BCUT2D eigenvalue weighted by Crippen LogP contribution is -2.28. The molecule has 0 aliphatic carbocycles. The molecule has 0 radical (unpaired) electrons. The van der Waals surface area contributed by atoms with Gasteiger partial charge >= 0.3 is 11.9 Å². The highest BCUT2D eigenvalue weighted by atomic mass is 16.6. The number of aliphatic hydroxyl groups is 1. The van der Waals surface area contributed by atoms with Gasteiger partial charge in [-0.05, 0) is 83.5 Å². The zero-order valence-corrected chi connectivity index (χ0v) is 30.2. The number of hydrogen-bond donors (Lipinski definition) is 1. The Morgan fingerprint density at radius 3 is 1.33 bits per heavy atom. The van der Waals surface area contributed by atoms with Crippen LogP contribution in [0.5, 0.6) is 0 Å². The van der Waals surface area contributed by atoms with E-state index in [9.17, 15) is 14.7 Å². The van der Waals surface area contributed by atoms with Crippen molar-refractivity contribution in [1.82, 2.24) is 0 Å². The van der Waals surface area contributed by atoms with Crippen molar-refractivity contribution in [2.45, 2.75) is 136 Å². The summed E-state index contributed by atoms with van der Waals surface area (Å²) < 4.78 is 10.5. The zero-order valence-electron chi connectivity index (χ0n) is 30.2. The molecule has 0 heterocycles. The minimum absolute atomic E-state index is 0.121. The summed E-state index contributed by atoms with van der Waals surface area (Å²) in [5.41, 5.74) is 0. The molecule has 0 saturated carbocycles. The fourth-order valence-corrected chi connectivity index (χ4v) is 4.36. The SMILES string of the molecule is CCC=CCC=CCC=CCC=CCC=CCC=CCCC(=O)OCC(CO)OC(=O)CCCCCCCC=CCC=CCC=CCC. The van der Waals surface area contributed by atoms with E-state index in [1.165, 1.54) is 0 Å². The molecule has 0 saturated heterocycles. The van der Waals surface area contributed by atoms with Crippen LogP contribution in [0.25, 0.3) is 0 Å². The molecule has 1 N–H and O–H groups in total. The highest BCUT2D eigenvalue weighted by Gasteiger charge is 2.15. The number of carbonyl (C=O) groups is 2. The zero-order chi connectivity index (χ0) is 35.0. The van der Waals surface area contributed by atoms with E-state index in [-0.39, 0.29) is 31.6 Å². The van der Waals surface area contributed by atoms with Crippen LogP contribution < -0.4 is 0 Å². The molecule has 1 atom stereocenters. The Morgan fingerprint density at radius 2 is 0.875 bits per heavy atom. The first-order valence-corrected chi connectivity index (χ1v) is 18.4. The number of aliphatic hydroxyl groups excluding tert-OH is 1. The first kappa shape index (κ1) is 44.6. The van der Waals surface area contributed by atoms with Crippen LogP contribution in [-0.4, -0.2) is 36.4 Å². The van der Waals surface area contributed by atoms with E-state index >= 15 is 0 Å². The highest BCUT2D eigenvalue weighted by Crippen LogP contribution is 2.10. The summed E-state index contributed by atoms with van der Waals surface area (Å²) in [5, 5.41) is 9.53. The van der Waals surface area contributed by atoms with Crippen molar-refractivity contribution in [2.24, 2.45) is 0 Å². The Labute approximate surface area is 293 Å². The molecule has 0 aromatic rings. The molecule has 0 aliphatic rings. The van der Waals surface area contributed by atoms with E-state index in [4.69, 9.17) is 9.47 Å². The topological polar surface area (TPSA) is 72.8 Å². The second-order valence-electron chi connectivity index (χ2n) is 11.5.